The molecule has 0 unspecified atom stereocenters. The zero-order chi connectivity index (χ0) is 16.7. The van der Waals surface area contributed by atoms with Crippen LogP contribution < -0.4 is 10.2 Å². The van der Waals surface area contributed by atoms with Crippen molar-refractivity contribution in [1.82, 2.24) is 4.98 Å². The van der Waals surface area contributed by atoms with Crippen LogP contribution in [0.15, 0.2) is 42.6 Å². The molecule has 0 saturated carbocycles. The van der Waals surface area contributed by atoms with Crippen LogP contribution in [0.1, 0.15) is 27.7 Å². The monoisotopic (exact) mass is 315 g/mol. The van der Waals surface area contributed by atoms with Gasteiger partial charge in [-0.3, -0.25) is 0 Å². The molecule has 1 aliphatic heterocycles. The Hall–Kier alpha value is -1.92. The van der Waals surface area contributed by atoms with E-state index in [2.05, 4.69) is 4.98 Å². The van der Waals surface area contributed by atoms with Gasteiger partial charge in [0.2, 0.25) is 5.88 Å². The van der Waals surface area contributed by atoms with Crippen LogP contribution in [0.4, 0.5) is 4.39 Å². The fourth-order valence-corrected chi connectivity index (χ4v) is 2.26. The van der Waals surface area contributed by atoms with Crippen LogP contribution in [-0.2, 0) is 9.31 Å². The molecule has 0 atom stereocenters. The molecule has 0 radical (unpaired) electrons. The van der Waals surface area contributed by atoms with Crippen LogP contribution in [-0.4, -0.2) is 23.3 Å². The first-order valence-corrected chi connectivity index (χ1v) is 7.52. The minimum absolute atomic E-state index is 0.358. The van der Waals surface area contributed by atoms with Crippen LogP contribution in [0.25, 0.3) is 0 Å². The van der Waals surface area contributed by atoms with E-state index in [0.29, 0.717) is 17.1 Å². The summed E-state index contributed by atoms with van der Waals surface area (Å²) in [5, 5.41) is 0. The second-order valence-electron chi connectivity index (χ2n) is 6.54. The molecular weight excluding hydrogens is 296 g/mol. The van der Waals surface area contributed by atoms with Gasteiger partial charge in [-0.05, 0) is 39.8 Å². The van der Waals surface area contributed by atoms with E-state index >= 15 is 0 Å². The van der Waals surface area contributed by atoms with Gasteiger partial charge < -0.3 is 14.0 Å². The van der Waals surface area contributed by atoms with E-state index in [4.69, 9.17) is 14.0 Å². The predicted octanol–water partition coefficient (Wildman–Crippen LogP) is 3.31. The van der Waals surface area contributed by atoms with Gasteiger partial charge in [0.1, 0.15) is 11.6 Å². The minimum atomic E-state index is -0.732. The van der Waals surface area contributed by atoms with Gasteiger partial charge in [-0.2, -0.15) is 0 Å². The van der Waals surface area contributed by atoms with Crippen LogP contribution in [0.5, 0.6) is 11.6 Å². The highest BCUT2D eigenvalue weighted by atomic mass is 19.1. The number of pyridine rings is 1. The Morgan fingerprint density at radius 3 is 2.30 bits per heavy atom. The van der Waals surface area contributed by atoms with Gasteiger partial charge in [-0.15, -0.1) is 0 Å². The van der Waals surface area contributed by atoms with E-state index in [-0.39, 0.29) is 0 Å². The van der Waals surface area contributed by atoms with E-state index in [0.717, 1.165) is 0 Å². The van der Waals surface area contributed by atoms with E-state index in [9.17, 15) is 4.39 Å². The van der Waals surface area contributed by atoms with E-state index in [1.54, 1.807) is 36.5 Å². The highest BCUT2D eigenvalue weighted by molar-refractivity contribution is 6.62. The molecule has 4 nitrogen and oxygen atoms in total. The summed E-state index contributed by atoms with van der Waals surface area (Å²) >= 11 is 0. The first-order valence-electron chi connectivity index (χ1n) is 7.52. The highest BCUT2D eigenvalue weighted by Crippen LogP contribution is 2.36. The maximum Gasteiger partial charge on any atom is 0.497 e. The molecule has 2 heterocycles. The molecule has 6 heteroatoms. The number of nitrogens with zero attached hydrogens (tertiary/aromatic N) is 1. The molecule has 0 spiro atoms. The maximum atomic E-state index is 14.4. The smallest absolute Gasteiger partial charge is 0.439 e. The second kappa shape index (κ2) is 5.62. The van der Waals surface area contributed by atoms with Crippen molar-refractivity contribution in [3.05, 3.63) is 48.4 Å². The molecule has 1 fully saturated rings. The van der Waals surface area contributed by atoms with Crippen LogP contribution in [0, 0.1) is 5.82 Å². The summed E-state index contributed by atoms with van der Waals surface area (Å²) in [6.45, 7) is 7.74. The third-order valence-corrected chi connectivity index (χ3v) is 4.34. The Kier molecular flexibility index (Phi) is 3.90. The van der Waals surface area contributed by atoms with Crippen molar-refractivity contribution in [3.63, 3.8) is 0 Å². The molecule has 1 saturated heterocycles. The summed E-state index contributed by atoms with van der Waals surface area (Å²) in [4.78, 5) is 4.05. The SMILES string of the molecule is CC1(C)OB(c2ccc(Oc3ccccn3)cc2F)OC1(C)C. The molecule has 120 valence electrons. The summed E-state index contributed by atoms with van der Waals surface area (Å²) in [5.41, 5.74) is -0.655. The third kappa shape index (κ3) is 3.09. The van der Waals surface area contributed by atoms with E-state index < -0.39 is 24.1 Å². The molecule has 3 rings (SSSR count). The zero-order valence-electron chi connectivity index (χ0n) is 13.7. The lowest BCUT2D eigenvalue weighted by molar-refractivity contribution is 0.00578. The van der Waals surface area contributed by atoms with Crippen molar-refractivity contribution in [2.75, 3.05) is 0 Å². The summed E-state index contributed by atoms with van der Waals surface area (Å²) in [6.07, 6.45) is 1.62. The number of hydrogen-bond donors (Lipinski definition) is 0. The fourth-order valence-electron chi connectivity index (χ4n) is 2.26. The van der Waals surface area contributed by atoms with Crippen molar-refractivity contribution < 1.29 is 18.4 Å². The van der Waals surface area contributed by atoms with E-state index in [1.165, 1.54) is 6.07 Å². The Bertz CT molecular complexity index is 690. The average molecular weight is 315 g/mol. The molecule has 1 aliphatic rings. The van der Waals surface area contributed by atoms with Gasteiger partial charge in [0.15, 0.2) is 0 Å². The van der Waals surface area contributed by atoms with Crippen LogP contribution >= 0.6 is 0 Å². The quantitative estimate of drug-likeness (QED) is 0.815. The fraction of sp³-hybridized carbons (Fsp3) is 0.353. The number of rotatable bonds is 3. The van der Waals surface area contributed by atoms with Gasteiger partial charge in [0.05, 0.1) is 11.2 Å². The summed E-state index contributed by atoms with van der Waals surface area (Å²) in [7, 11) is -0.732. The largest absolute Gasteiger partial charge is 0.497 e. The topological polar surface area (TPSA) is 40.6 Å². The number of aromatic nitrogens is 1. The maximum absolute atomic E-state index is 14.4. The van der Waals surface area contributed by atoms with Crippen molar-refractivity contribution >= 4 is 12.6 Å². The normalized spacial score (nSPS) is 18.9. The molecule has 1 aromatic carbocycles. The molecule has 0 aliphatic carbocycles. The minimum Gasteiger partial charge on any atom is -0.439 e. The number of ether oxygens (including phenoxy) is 1. The molecular formula is C17H19BFNO3. The van der Waals surface area contributed by atoms with E-state index in [1.807, 2.05) is 27.7 Å². The summed E-state index contributed by atoms with van der Waals surface area (Å²) in [5.74, 6) is 0.355. The third-order valence-electron chi connectivity index (χ3n) is 4.34. The van der Waals surface area contributed by atoms with Gasteiger partial charge in [0.25, 0.3) is 0 Å². The lowest BCUT2D eigenvalue weighted by Crippen LogP contribution is -2.41. The van der Waals surface area contributed by atoms with Crippen molar-refractivity contribution in [1.29, 1.82) is 0 Å². The Morgan fingerprint density at radius 2 is 1.74 bits per heavy atom. The van der Waals surface area contributed by atoms with Crippen LogP contribution in [0.3, 0.4) is 0 Å². The predicted molar refractivity (Wildman–Crippen MR) is 86.4 cm³/mol. The first kappa shape index (κ1) is 16.0. The van der Waals surface area contributed by atoms with Crippen LogP contribution in [0.2, 0.25) is 0 Å². The number of benzene rings is 1. The molecule has 0 bridgehead atoms. The highest BCUT2D eigenvalue weighted by Gasteiger charge is 2.52. The molecule has 0 N–H and O–H groups in total. The molecule has 1 aromatic heterocycles. The molecule has 2 aromatic rings. The Balaban J connectivity index is 1.81. The second-order valence-corrected chi connectivity index (χ2v) is 6.54. The lowest BCUT2D eigenvalue weighted by Gasteiger charge is -2.32. The van der Waals surface area contributed by atoms with Gasteiger partial charge in [-0.25, -0.2) is 9.37 Å². The lowest BCUT2D eigenvalue weighted by atomic mass is 9.78. The Labute approximate surface area is 135 Å². The Morgan fingerprint density at radius 1 is 1.04 bits per heavy atom. The number of hydrogen-bond acceptors (Lipinski definition) is 4. The number of halogens is 1. The summed E-state index contributed by atoms with van der Waals surface area (Å²) in [6, 6.07) is 9.91. The van der Waals surface area contributed by atoms with Gasteiger partial charge in [0, 0.05) is 23.8 Å². The standard InChI is InChI=1S/C17H19BFNO3/c1-16(2)17(3,4)23-18(22-16)13-9-8-12(11-14(13)19)21-15-7-5-6-10-20-15/h5-11H,1-4H3. The zero-order valence-corrected chi connectivity index (χ0v) is 13.7. The van der Waals surface area contributed by atoms with Gasteiger partial charge >= 0.3 is 7.12 Å². The van der Waals surface area contributed by atoms with Crippen molar-refractivity contribution in [2.24, 2.45) is 0 Å². The van der Waals surface area contributed by atoms with Crippen molar-refractivity contribution in [2.45, 2.75) is 38.9 Å². The van der Waals surface area contributed by atoms with Gasteiger partial charge in [-0.1, -0.05) is 12.1 Å². The average Bonchev–Trinajstić information content (AvgIpc) is 2.68. The molecule has 0 amide bonds. The molecule has 23 heavy (non-hydrogen) atoms. The first-order chi connectivity index (χ1) is 10.8. The summed E-state index contributed by atoms with van der Waals surface area (Å²) < 4.78 is 31.7. The van der Waals surface area contributed by atoms with Crippen molar-refractivity contribution in [3.8, 4) is 11.6 Å².